The minimum Gasteiger partial charge on any atom is -0.329 e. The lowest BCUT2D eigenvalue weighted by Crippen LogP contribution is -2.71. The quantitative estimate of drug-likeness (QED) is 0.805. The van der Waals surface area contributed by atoms with Gasteiger partial charge in [-0.1, -0.05) is 13.8 Å². The van der Waals surface area contributed by atoms with E-state index in [1.807, 2.05) is 0 Å². The molecule has 3 atom stereocenters. The summed E-state index contributed by atoms with van der Waals surface area (Å²) in [6.07, 6.45) is 4.14. The molecule has 4 aliphatic heterocycles. The second-order valence-corrected chi connectivity index (χ2v) is 7.21. The SMILES string of the molecule is CC1CC(C)CN(C2(CN)CN3CCC2CC3)C1. The molecule has 4 aliphatic rings. The first kappa shape index (κ1) is 12.9. The van der Waals surface area contributed by atoms with Crippen LogP contribution in [0.5, 0.6) is 0 Å². The lowest BCUT2D eigenvalue weighted by atomic mass is 9.70. The topological polar surface area (TPSA) is 32.5 Å². The molecule has 0 aromatic heterocycles. The van der Waals surface area contributed by atoms with Crippen molar-refractivity contribution in [3.8, 4) is 0 Å². The molecule has 0 aromatic rings. The van der Waals surface area contributed by atoms with Crippen LogP contribution in [0.3, 0.4) is 0 Å². The van der Waals surface area contributed by atoms with E-state index in [1.165, 1.54) is 52.0 Å². The van der Waals surface area contributed by atoms with Crippen molar-refractivity contribution >= 4 is 0 Å². The maximum atomic E-state index is 6.28. The zero-order valence-electron chi connectivity index (χ0n) is 12.1. The molecule has 0 aliphatic carbocycles. The molecule has 0 aromatic carbocycles. The molecule has 4 saturated heterocycles. The minimum absolute atomic E-state index is 0.305. The fourth-order valence-corrected chi connectivity index (χ4v) is 4.89. The van der Waals surface area contributed by atoms with Crippen molar-refractivity contribution in [3.63, 3.8) is 0 Å². The van der Waals surface area contributed by atoms with Gasteiger partial charge in [0.1, 0.15) is 0 Å². The summed E-state index contributed by atoms with van der Waals surface area (Å²) in [6.45, 7) is 12.1. The van der Waals surface area contributed by atoms with E-state index in [0.717, 1.165) is 24.3 Å². The maximum absolute atomic E-state index is 6.28. The van der Waals surface area contributed by atoms with Gasteiger partial charge in [0.2, 0.25) is 0 Å². The van der Waals surface area contributed by atoms with E-state index >= 15 is 0 Å². The molecule has 18 heavy (non-hydrogen) atoms. The lowest BCUT2D eigenvalue weighted by Gasteiger charge is -2.59. The Morgan fingerprint density at radius 3 is 2.17 bits per heavy atom. The zero-order chi connectivity index (χ0) is 12.8. The molecular weight excluding hydrogens is 222 g/mol. The summed E-state index contributed by atoms with van der Waals surface area (Å²) in [5.41, 5.74) is 6.58. The number of fused-ring (bicyclic) bond motifs is 3. The molecule has 0 radical (unpaired) electrons. The highest BCUT2D eigenvalue weighted by Gasteiger charge is 2.50. The molecule has 0 amide bonds. The number of hydrogen-bond acceptors (Lipinski definition) is 3. The largest absolute Gasteiger partial charge is 0.329 e. The van der Waals surface area contributed by atoms with Gasteiger partial charge in [0.25, 0.3) is 0 Å². The third-order valence-electron chi connectivity index (χ3n) is 5.70. The summed E-state index contributed by atoms with van der Waals surface area (Å²) < 4.78 is 0. The molecule has 4 rings (SSSR count). The highest BCUT2D eigenvalue weighted by Crippen LogP contribution is 2.41. The van der Waals surface area contributed by atoms with Gasteiger partial charge in [-0.15, -0.1) is 0 Å². The van der Waals surface area contributed by atoms with E-state index in [1.54, 1.807) is 0 Å². The van der Waals surface area contributed by atoms with Crippen molar-refractivity contribution in [3.05, 3.63) is 0 Å². The van der Waals surface area contributed by atoms with Crippen molar-refractivity contribution in [2.75, 3.05) is 39.3 Å². The molecule has 3 nitrogen and oxygen atoms in total. The lowest BCUT2D eigenvalue weighted by molar-refractivity contribution is -0.0881. The van der Waals surface area contributed by atoms with Crippen molar-refractivity contribution < 1.29 is 0 Å². The molecule has 0 spiro atoms. The van der Waals surface area contributed by atoms with E-state index in [9.17, 15) is 0 Å². The summed E-state index contributed by atoms with van der Waals surface area (Å²) in [7, 11) is 0. The average molecular weight is 251 g/mol. The monoisotopic (exact) mass is 251 g/mol. The Bertz CT molecular complexity index is 288. The first-order valence-electron chi connectivity index (χ1n) is 7.81. The van der Waals surface area contributed by atoms with Crippen molar-refractivity contribution in [2.24, 2.45) is 23.5 Å². The predicted octanol–water partition coefficient (Wildman–Crippen LogP) is 1.39. The number of piperidine rings is 4. The molecule has 4 heterocycles. The van der Waals surface area contributed by atoms with Gasteiger partial charge in [-0.2, -0.15) is 0 Å². The van der Waals surface area contributed by atoms with Gasteiger partial charge in [-0.3, -0.25) is 4.90 Å². The maximum Gasteiger partial charge on any atom is 0.0487 e. The van der Waals surface area contributed by atoms with Crippen LogP contribution in [0.1, 0.15) is 33.1 Å². The number of likely N-dealkylation sites (tertiary alicyclic amines) is 1. The second-order valence-electron chi connectivity index (χ2n) is 7.21. The summed E-state index contributed by atoms with van der Waals surface area (Å²) in [5.74, 6) is 2.53. The van der Waals surface area contributed by atoms with Crippen LogP contribution in [0, 0.1) is 17.8 Å². The minimum atomic E-state index is 0.305. The Labute approximate surface area is 112 Å². The van der Waals surface area contributed by atoms with Gasteiger partial charge in [-0.25, -0.2) is 0 Å². The van der Waals surface area contributed by atoms with Crippen LogP contribution in [0.4, 0.5) is 0 Å². The third kappa shape index (κ3) is 2.00. The number of hydrogen-bond donors (Lipinski definition) is 1. The Morgan fingerprint density at radius 2 is 1.72 bits per heavy atom. The van der Waals surface area contributed by atoms with Crippen LogP contribution in [0.15, 0.2) is 0 Å². The Kier molecular flexibility index (Phi) is 3.41. The van der Waals surface area contributed by atoms with Crippen LogP contribution in [0.25, 0.3) is 0 Å². The fraction of sp³-hybridized carbons (Fsp3) is 1.00. The van der Waals surface area contributed by atoms with Crippen LogP contribution >= 0.6 is 0 Å². The van der Waals surface area contributed by atoms with Crippen LogP contribution in [-0.4, -0.2) is 54.6 Å². The summed E-state index contributed by atoms with van der Waals surface area (Å²) in [6, 6.07) is 0. The Hall–Kier alpha value is -0.120. The molecule has 3 heteroatoms. The normalized spacial score (nSPS) is 49.5. The molecule has 104 valence electrons. The van der Waals surface area contributed by atoms with Gasteiger partial charge in [0.15, 0.2) is 0 Å². The van der Waals surface area contributed by atoms with Crippen LogP contribution in [-0.2, 0) is 0 Å². The predicted molar refractivity (Wildman–Crippen MR) is 75.5 cm³/mol. The summed E-state index contributed by atoms with van der Waals surface area (Å²) in [5, 5.41) is 0. The molecule has 4 fully saturated rings. The molecule has 2 N–H and O–H groups in total. The van der Waals surface area contributed by atoms with Gasteiger partial charge in [0, 0.05) is 31.7 Å². The van der Waals surface area contributed by atoms with Gasteiger partial charge < -0.3 is 10.6 Å². The standard InChI is InChI=1S/C15H29N3/c1-12-7-13(2)9-18(8-12)15(10-16)11-17-5-3-14(15)4-6-17/h12-14H,3-11,16H2,1-2H3. The summed E-state index contributed by atoms with van der Waals surface area (Å²) in [4.78, 5) is 5.43. The fourth-order valence-electron chi connectivity index (χ4n) is 4.89. The molecule has 3 unspecified atom stereocenters. The summed E-state index contributed by atoms with van der Waals surface area (Å²) >= 11 is 0. The second kappa shape index (κ2) is 4.77. The number of nitrogens with two attached hydrogens (primary N) is 1. The van der Waals surface area contributed by atoms with E-state index in [0.29, 0.717) is 5.54 Å². The highest BCUT2D eigenvalue weighted by molar-refractivity contribution is 5.07. The van der Waals surface area contributed by atoms with Gasteiger partial charge in [0.05, 0.1) is 0 Å². The first-order chi connectivity index (χ1) is 8.64. The smallest absolute Gasteiger partial charge is 0.0487 e. The van der Waals surface area contributed by atoms with Crippen LogP contribution < -0.4 is 5.73 Å². The number of rotatable bonds is 2. The van der Waals surface area contributed by atoms with Crippen molar-refractivity contribution in [1.82, 2.24) is 9.80 Å². The van der Waals surface area contributed by atoms with E-state index in [4.69, 9.17) is 5.73 Å². The van der Waals surface area contributed by atoms with Gasteiger partial charge in [-0.05, 0) is 50.1 Å². The number of nitrogens with zero attached hydrogens (tertiary/aromatic N) is 2. The first-order valence-corrected chi connectivity index (χ1v) is 7.81. The molecule has 2 bridgehead atoms. The molecular formula is C15H29N3. The highest BCUT2D eigenvalue weighted by atomic mass is 15.3. The Morgan fingerprint density at radius 1 is 1.11 bits per heavy atom. The van der Waals surface area contributed by atoms with Gasteiger partial charge >= 0.3 is 0 Å². The van der Waals surface area contributed by atoms with E-state index in [-0.39, 0.29) is 0 Å². The Balaban J connectivity index is 1.82. The zero-order valence-corrected chi connectivity index (χ0v) is 12.1. The van der Waals surface area contributed by atoms with Crippen LogP contribution in [0.2, 0.25) is 0 Å². The average Bonchev–Trinajstić information content (AvgIpc) is 2.38. The third-order valence-corrected chi connectivity index (χ3v) is 5.70. The van der Waals surface area contributed by atoms with E-state index < -0.39 is 0 Å². The van der Waals surface area contributed by atoms with E-state index in [2.05, 4.69) is 23.6 Å². The molecule has 0 saturated carbocycles. The van der Waals surface area contributed by atoms with Crippen molar-refractivity contribution in [2.45, 2.75) is 38.6 Å². The van der Waals surface area contributed by atoms with Crippen molar-refractivity contribution in [1.29, 1.82) is 0 Å².